The number of nitrogens with one attached hydrogen (secondary N) is 1. The molecule has 0 atom stereocenters. The Morgan fingerprint density at radius 3 is 2.87 bits per heavy atom. The summed E-state index contributed by atoms with van der Waals surface area (Å²) in [6.45, 7) is 2.70. The van der Waals surface area contributed by atoms with Crippen molar-refractivity contribution in [1.29, 1.82) is 5.26 Å². The van der Waals surface area contributed by atoms with Gasteiger partial charge < -0.3 is 5.32 Å². The summed E-state index contributed by atoms with van der Waals surface area (Å²) >= 11 is 0. The number of hydrogen-bond donors (Lipinski definition) is 1. The van der Waals surface area contributed by atoms with Crippen LogP contribution in [0.15, 0.2) is 18.2 Å². The highest BCUT2D eigenvalue weighted by Gasteiger charge is 1.98. The van der Waals surface area contributed by atoms with Gasteiger partial charge in [0, 0.05) is 18.7 Å². The molecule has 0 heterocycles. The van der Waals surface area contributed by atoms with Crippen molar-refractivity contribution >= 4 is 5.69 Å². The molecule has 0 aliphatic carbocycles. The van der Waals surface area contributed by atoms with Gasteiger partial charge in [-0.1, -0.05) is 0 Å². The maximum atomic E-state index is 12.8. The number of rotatable bonds is 5. The van der Waals surface area contributed by atoms with Crippen molar-refractivity contribution in [3.05, 3.63) is 29.6 Å². The van der Waals surface area contributed by atoms with Crippen LogP contribution < -0.4 is 5.32 Å². The van der Waals surface area contributed by atoms with Crippen molar-refractivity contribution < 1.29 is 4.39 Å². The van der Waals surface area contributed by atoms with E-state index >= 15 is 0 Å². The Morgan fingerprint density at radius 1 is 1.40 bits per heavy atom. The molecule has 2 nitrogen and oxygen atoms in total. The molecule has 1 rings (SSSR count). The van der Waals surface area contributed by atoms with E-state index in [4.69, 9.17) is 5.26 Å². The molecule has 0 amide bonds. The Hall–Kier alpha value is -1.56. The standard InChI is InChI=1S/C12H15FN2/c1-10-9-11(13)5-6-12(10)15-8-4-2-3-7-14/h5-6,9,15H,2-4,8H2,1H3. The summed E-state index contributed by atoms with van der Waals surface area (Å²) in [5.74, 6) is -0.206. The Kier molecular flexibility index (Phi) is 4.62. The number of halogens is 1. The van der Waals surface area contributed by atoms with E-state index in [0.717, 1.165) is 30.6 Å². The third-order valence-corrected chi connectivity index (χ3v) is 2.22. The van der Waals surface area contributed by atoms with Crippen LogP contribution in [0.3, 0.4) is 0 Å². The van der Waals surface area contributed by atoms with E-state index in [0.29, 0.717) is 6.42 Å². The fourth-order valence-corrected chi connectivity index (χ4v) is 1.38. The summed E-state index contributed by atoms with van der Waals surface area (Å²) in [4.78, 5) is 0. The van der Waals surface area contributed by atoms with Crippen LogP contribution in [-0.4, -0.2) is 6.54 Å². The number of aryl methyl sites for hydroxylation is 1. The predicted molar refractivity (Wildman–Crippen MR) is 59.1 cm³/mol. The third-order valence-electron chi connectivity index (χ3n) is 2.22. The zero-order chi connectivity index (χ0) is 11.1. The minimum absolute atomic E-state index is 0.206. The monoisotopic (exact) mass is 206 g/mol. The summed E-state index contributed by atoms with van der Waals surface area (Å²) in [6.07, 6.45) is 2.47. The quantitative estimate of drug-likeness (QED) is 0.751. The number of nitrogens with zero attached hydrogens (tertiary/aromatic N) is 1. The lowest BCUT2D eigenvalue weighted by atomic mass is 10.2. The normalized spacial score (nSPS) is 9.67. The van der Waals surface area contributed by atoms with Gasteiger partial charge in [-0.25, -0.2) is 4.39 Å². The zero-order valence-electron chi connectivity index (χ0n) is 8.89. The summed E-state index contributed by atoms with van der Waals surface area (Å²) in [6, 6.07) is 6.81. The smallest absolute Gasteiger partial charge is 0.123 e. The van der Waals surface area contributed by atoms with E-state index < -0.39 is 0 Å². The van der Waals surface area contributed by atoms with Gasteiger partial charge in [0.15, 0.2) is 0 Å². The van der Waals surface area contributed by atoms with E-state index in [2.05, 4.69) is 11.4 Å². The van der Waals surface area contributed by atoms with Crippen molar-refractivity contribution in [2.45, 2.75) is 26.2 Å². The minimum Gasteiger partial charge on any atom is -0.385 e. The lowest BCUT2D eigenvalue weighted by Gasteiger charge is -2.08. The molecular formula is C12H15FN2. The first kappa shape index (κ1) is 11.5. The van der Waals surface area contributed by atoms with Crippen LogP contribution in [0, 0.1) is 24.1 Å². The molecule has 0 saturated carbocycles. The summed E-state index contributed by atoms with van der Waals surface area (Å²) in [5.41, 5.74) is 1.88. The SMILES string of the molecule is Cc1cc(F)ccc1NCCCCC#N. The van der Waals surface area contributed by atoms with Gasteiger partial charge in [0.25, 0.3) is 0 Å². The van der Waals surface area contributed by atoms with Crippen LogP contribution in [0.2, 0.25) is 0 Å². The van der Waals surface area contributed by atoms with Gasteiger partial charge in [0.2, 0.25) is 0 Å². The Bertz CT molecular complexity index is 355. The first-order chi connectivity index (χ1) is 7.24. The van der Waals surface area contributed by atoms with Crippen molar-refractivity contribution in [3.8, 4) is 6.07 Å². The number of anilines is 1. The van der Waals surface area contributed by atoms with Crippen molar-refractivity contribution in [2.24, 2.45) is 0 Å². The predicted octanol–water partition coefficient (Wildman–Crippen LogP) is 3.24. The maximum absolute atomic E-state index is 12.8. The number of hydrogen-bond acceptors (Lipinski definition) is 2. The fourth-order valence-electron chi connectivity index (χ4n) is 1.38. The van der Waals surface area contributed by atoms with Gasteiger partial charge in [-0.3, -0.25) is 0 Å². The molecule has 80 valence electrons. The average Bonchev–Trinajstić information content (AvgIpc) is 2.20. The van der Waals surface area contributed by atoms with E-state index in [1.54, 1.807) is 6.07 Å². The first-order valence-electron chi connectivity index (χ1n) is 5.11. The lowest BCUT2D eigenvalue weighted by Crippen LogP contribution is -2.02. The zero-order valence-corrected chi connectivity index (χ0v) is 8.89. The van der Waals surface area contributed by atoms with E-state index in [-0.39, 0.29) is 5.82 Å². The molecule has 0 radical (unpaired) electrons. The number of nitriles is 1. The Balaban J connectivity index is 2.35. The van der Waals surface area contributed by atoms with Gasteiger partial charge in [0.1, 0.15) is 5.82 Å². The van der Waals surface area contributed by atoms with Crippen LogP contribution >= 0.6 is 0 Å². The number of benzene rings is 1. The highest BCUT2D eigenvalue weighted by Crippen LogP contribution is 2.15. The molecule has 0 aliphatic rings. The summed E-state index contributed by atoms with van der Waals surface area (Å²) in [7, 11) is 0. The molecule has 0 aliphatic heterocycles. The van der Waals surface area contributed by atoms with Crippen LogP contribution in [0.5, 0.6) is 0 Å². The Labute approximate surface area is 89.7 Å². The van der Waals surface area contributed by atoms with E-state index in [1.807, 2.05) is 6.92 Å². The molecule has 1 aromatic rings. The molecule has 0 bridgehead atoms. The van der Waals surface area contributed by atoms with Crippen molar-refractivity contribution in [2.75, 3.05) is 11.9 Å². The second kappa shape index (κ2) is 6.02. The van der Waals surface area contributed by atoms with E-state index in [9.17, 15) is 4.39 Å². The molecule has 0 fully saturated rings. The third kappa shape index (κ3) is 3.99. The van der Waals surface area contributed by atoms with Crippen molar-refractivity contribution in [1.82, 2.24) is 0 Å². The average molecular weight is 206 g/mol. The van der Waals surface area contributed by atoms with Gasteiger partial charge in [-0.15, -0.1) is 0 Å². The van der Waals surface area contributed by atoms with Gasteiger partial charge in [0.05, 0.1) is 6.07 Å². The van der Waals surface area contributed by atoms with Crippen molar-refractivity contribution in [3.63, 3.8) is 0 Å². The van der Waals surface area contributed by atoms with E-state index in [1.165, 1.54) is 12.1 Å². The molecule has 3 heteroatoms. The highest BCUT2D eigenvalue weighted by molar-refractivity contribution is 5.50. The molecule has 15 heavy (non-hydrogen) atoms. The number of unbranched alkanes of at least 4 members (excludes halogenated alkanes) is 2. The molecule has 0 unspecified atom stereocenters. The van der Waals surface area contributed by atoms with Gasteiger partial charge in [-0.2, -0.15) is 5.26 Å². The molecule has 0 spiro atoms. The second-order valence-electron chi connectivity index (χ2n) is 3.50. The molecule has 0 aromatic heterocycles. The minimum atomic E-state index is -0.206. The van der Waals surface area contributed by atoms with Crippen LogP contribution in [0.1, 0.15) is 24.8 Å². The lowest BCUT2D eigenvalue weighted by molar-refractivity contribution is 0.626. The summed E-state index contributed by atoms with van der Waals surface area (Å²) in [5, 5.41) is 11.6. The summed E-state index contributed by atoms with van der Waals surface area (Å²) < 4.78 is 12.8. The molecule has 0 saturated heterocycles. The van der Waals surface area contributed by atoms with Gasteiger partial charge >= 0.3 is 0 Å². The van der Waals surface area contributed by atoms with Gasteiger partial charge in [-0.05, 0) is 43.5 Å². The first-order valence-corrected chi connectivity index (χ1v) is 5.11. The highest BCUT2D eigenvalue weighted by atomic mass is 19.1. The van der Waals surface area contributed by atoms with Crippen LogP contribution in [0.4, 0.5) is 10.1 Å². The second-order valence-corrected chi connectivity index (χ2v) is 3.50. The van der Waals surface area contributed by atoms with Crippen LogP contribution in [-0.2, 0) is 0 Å². The molecule has 1 aromatic carbocycles. The van der Waals surface area contributed by atoms with Crippen LogP contribution in [0.25, 0.3) is 0 Å². The Morgan fingerprint density at radius 2 is 2.20 bits per heavy atom. The largest absolute Gasteiger partial charge is 0.385 e. The molecular weight excluding hydrogens is 191 g/mol. The molecule has 1 N–H and O–H groups in total. The topological polar surface area (TPSA) is 35.8 Å². The fraction of sp³-hybridized carbons (Fsp3) is 0.417. The maximum Gasteiger partial charge on any atom is 0.123 e.